The van der Waals surface area contributed by atoms with Crippen LogP contribution in [0, 0.1) is 16.0 Å². The van der Waals surface area contributed by atoms with Crippen molar-refractivity contribution in [3.8, 4) is 0 Å². The molecule has 2 amide bonds. The number of aryl methyl sites for hydroxylation is 1. The third kappa shape index (κ3) is 3.04. The zero-order valence-electron chi connectivity index (χ0n) is 12.8. The second-order valence-electron chi connectivity index (χ2n) is 5.77. The van der Waals surface area contributed by atoms with Crippen LogP contribution in [-0.4, -0.2) is 16.7 Å². The number of nitrogens with two attached hydrogens (primary N) is 1. The van der Waals surface area contributed by atoms with E-state index in [1.165, 1.54) is 23.5 Å². The van der Waals surface area contributed by atoms with Gasteiger partial charge < -0.3 is 11.1 Å². The lowest BCUT2D eigenvalue weighted by molar-refractivity contribution is -0.380. The summed E-state index contributed by atoms with van der Waals surface area (Å²) in [6.45, 7) is 2.12. The molecule has 1 aliphatic rings. The molecule has 7 nitrogen and oxygen atoms in total. The lowest BCUT2D eigenvalue weighted by Gasteiger charge is -2.18. The van der Waals surface area contributed by atoms with Crippen molar-refractivity contribution >= 4 is 44.5 Å². The van der Waals surface area contributed by atoms with Gasteiger partial charge in [0.2, 0.25) is 0 Å². The molecule has 0 unspecified atom stereocenters. The van der Waals surface area contributed by atoms with Crippen LogP contribution in [0.2, 0.25) is 0 Å². The maximum absolute atomic E-state index is 12.3. The first-order valence-electron chi connectivity index (χ1n) is 7.36. The highest BCUT2D eigenvalue weighted by atomic mass is 32.1. The van der Waals surface area contributed by atoms with Gasteiger partial charge in [0.05, 0.1) is 15.4 Å². The lowest BCUT2D eigenvalue weighted by atomic mass is 9.87. The van der Waals surface area contributed by atoms with Crippen LogP contribution in [0.4, 0.5) is 10.0 Å². The predicted molar refractivity (Wildman–Crippen MR) is 93.0 cm³/mol. The summed E-state index contributed by atoms with van der Waals surface area (Å²) in [7, 11) is 0. The van der Waals surface area contributed by atoms with Crippen LogP contribution >= 0.6 is 22.7 Å². The minimum atomic E-state index is -0.561. The van der Waals surface area contributed by atoms with Gasteiger partial charge in [-0.05, 0) is 36.8 Å². The van der Waals surface area contributed by atoms with Crippen molar-refractivity contribution in [2.24, 2.45) is 11.7 Å². The van der Waals surface area contributed by atoms with Gasteiger partial charge in [-0.15, -0.1) is 11.3 Å². The number of fused-ring (bicyclic) bond motifs is 1. The molecule has 1 aliphatic carbocycles. The molecule has 0 fully saturated rings. The molecule has 3 N–H and O–H groups in total. The van der Waals surface area contributed by atoms with E-state index in [0.717, 1.165) is 41.0 Å². The lowest BCUT2D eigenvalue weighted by Crippen LogP contribution is -2.19. The molecule has 1 atom stereocenters. The van der Waals surface area contributed by atoms with E-state index in [2.05, 4.69) is 12.2 Å². The molecule has 24 heavy (non-hydrogen) atoms. The highest BCUT2D eigenvalue weighted by Gasteiger charge is 2.28. The van der Waals surface area contributed by atoms with Crippen LogP contribution in [0.5, 0.6) is 0 Å². The average molecular weight is 365 g/mol. The summed E-state index contributed by atoms with van der Waals surface area (Å²) < 4.78 is 0. The van der Waals surface area contributed by atoms with Crippen molar-refractivity contribution in [2.45, 2.75) is 26.2 Å². The van der Waals surface area contributed by atoms with E-state index in [1.54, 1.807) is 0 Å². The molecule has 0 bridgehead atoms. The number of primary amides is 1. The summed E-state index contributed by atoms with van der Waals surface area (Å²) >= 11 is 2.16. The molecule has 0 aliphatic heterocycles. The van der Waals surface area contributed by atoms with Gasteiger partial charge in [0, 0.05) is 10.9 Å². The second-order valence-corrected chi connectivity index (χ2v) is 7.94. The number of carbonyl (C=O) groups excluding carboxylic acids is 2. The Morgan fingerprint density at radius 3 is 2.75 bits per heavy atom. The van der Waals surface area contributed by atoms with Crippen LogP contribution in [0.15, 0.2) is 12.1 Å². The molecule has 2 heterocycles. The first kappa shape index (κ1) is 16.6. The Morgan fingerprint density at radius 2 is 2.12 bits per heavy atom. The number of thiophene rings is 2. The Hall–Kier alpha value is -2.26. The molecule has 0 saturated carbocycles. The Bertz CT molecular complexity index is 840. The largest absolute Gasteiger partial charge is 0.365 e. The molecule has 0 saturated heterocycles. The molecular formula is C15H15N3O4S2. The molecule has 126 valence electrons. The molecule has 9 heteroatoms. The van der Waals surface area contributed by atoms with E-state index in [4.69, 9.17) is 5.73 Å². The summed E-state index contributed by atoms with van der Waals surface area (Å²) in [5, 5.41) is 13.8. The van der Waals surface area contributed by atoms with Crippen LogP contribution in [0.3, 0.4) is 0 Å². The van der Waals surface area contributed by atoms with E-state index < -0.39 is 16.7 Å². The van der Waals surface area contributed by atoms with Crippen LogP contribution in [0.1, 0.15) is 43.8 Å². The van der Waals surface area contributed by atoms with E-state index in [1.807, 2.05) is 0 Å². The summed E-state index contributed by atoms with van der Waals surface area (Å²) in [5.74, 6) is -0.565. The summed E-state index contributed by atoms with van der Waals surface area (Å²) in [6, 6.07) is 2.69. The van der Waals surface area contributed by atoms with Gasteiger partial charge in [0.25, 0.3) is 11.8 Å². The van der Waals surface area contributed by atoms with Gasteiger partial charge in [-0.2, -0.15) is 0 Å². The SMILES string of the molecule is C[C@@H]1CCc2sc(NC(=O)c3ccc([N+](=O)[O-])s3)c(C(N)=O)c2C1. The van der Waals surface area contributed by atoms with Crippen molar-refractivity contribution < 1.29 is 14.5 Å². The zero-order valence-corrected chi connectivity index (χ0v) is 14.5. The van der Waals surface area contributed by atoms with Crippen molar-refractivity contribution in [2.75, 3.05) is 5.32 Å². The topological polar surface area (TPSA) is 115 Å². The minimum Gasteiger partial charge on any atom is -0.365 e. The number of anilines is 1. The van der Waals surface area contributed by atoms with Gasteiger partial charge in [0.1, 0.15) is 5.00 Å². The molecule has 0 spiro atoms. The molecular weight excluding hydrogens is 350 g/mol. The van der Waals surface area contributed by atoms with E-state index in [0.29, 0.717) is 16.5 Å². The minimum absolute atomic E-state index is 0.102. The second kappa shape index (κ2) is 6.33. The van der Waals surface area contributed by atoms with E-state index >= 15 is 0 Å². The number of rotatable bonds is 4. The maximum atomic E-state index is 12.3. The maximum Gasteiger partial charge on any atom is 0.324 e. The molecule has 3 rings (SSSR count). The van der Waals surface area contributed by atoms with Crippen molar-refractivity contribution in [1.29, 1.82) is 0 Å². The summed E-state index contributed by atoms with van der Waals surface area (Å²) in [6.07, 6.45) is 2.67. The zero-order chi connectivity index (χ0) is 17.4. The standard InChI is InChI=1S/C15H15N3O4S2/c1-7-2-3-9-8(6-7)12(13(16)19)15(24-9)17-14(20)10-4-5-11(23-10)18(21)22/h4-5,7H,2-3,6H2,1H3,(H2,16,19)(H,17,20)/t7-/m1/s1. The first-order valence-corrected chi connectivity index (χ1v) is 9.00. The van der Waals surface area contributed by atoms with E-state index in [9.17, 15) is 19.7 Å². The molecule has 2 aromatic heterocycles. The van der Waals surface area contributed by atoms with Gasteiger partial charge in [0.15, 0.2) is 0 Å². The molecule has 0 aromatic carbocycles. The van der Waals surface area contributed by atoms with Gasteiger partial charge >= 0.3 is 5.00 Å². The third-order valence-electron chi connectivity index (χ3n) is 3.98. The smallest absolute Gasteiger partial charge is 0.324 e. The number of nitrogens with one attached hydrogen (secondary N) is 1. The third-order valence-corrected chi connectivity index (χ3v) is 6.22. The number of amides is 2. The highest BCUT2D eigenvalue weighted by molar-refractivity contribution is 7.18. The number of nitrogens with zero attached hydrogens (tertiary/aromatic N) is 1. The predicted octanol–water partition coefficient (Wildman–Crippen LogP) is 3.19. The Morgan fingerprint density at radius 1 is 1.38 bits per heavy atom. The Labute approximate surface area is 145 Å². The van der Waals surface area contributed by atoms with Crippen molar-refractivity contribution in [1.82, 2.24) is 0 Å². The monoisotopic (exact) mass is 365 g/mol. The summed E-state index contributed by atoms with van der Waals surface area (Å²) in [5.41, 5.74) is 6.82. The highest BCUT2D eigenvalue weighted by Crippen LogP contribution is 2.39. The Balaban J connectivity index is 1.90. The van der Waals surface area contributed by atoms with Gasteiger partial charge in [-0.1, -0.05) is 18.3 Å². The number of carbonyl (C=O) groups is 2. The quantitative estimate of drug-likeness (QED) is 0.639. The van der Waals surface area contributed by atoms with Gasteiger partial charge in [-0.3, -0.25) is 19.7 Å². The number of hydrogen-bond acceptors (Lipinski definition) is 6. The molecule has 0 radical (unpaired) electrons. The number of hydrogen-bond donors (Lipinski definition) is 2. The Kier molecular flexibility index (Phi) is 4.37. The normalized spacial score (nSPS) is 16.5. The van der Waals surface area contributed by atoms with Gasteiger partial charge in [-0.25, -0.2) is 0 Å². The van der Waals surface area contributed by atoms with Crippen LogP contribution < -0.4 is 11.1 Å². The molecule has 2 aromatic rings. The fourth-order valence-corrected chi connectivity index (χ4v) is 4.78. The van der Waals surface area contributed by atoms with Crippen LogP contribution in [-0.2, 0) is 12.8 Å². The fraction of sp³-hybridized carbons (Fsp3) is 0.333. The van der Waals surface area contributed by atoms with Crippen molar-refractivity contribution in [3.63, 3.8) is 0 Å². The number of nitro groups is 1. The average Bonchev–Trinajstić information content (AvgIpc) is 3.10. The first-order chi connectivity index (χ1) is 11.4. The van der Waals surface area contributed by atoms with E-state index in [-0.39, 0.29) is 9.88 Å². The van der Waals surface area contributed by atoms with Crippen molar-refractivity contribution in [3.05, 3.63) is 43.1 Å². The fourth-order valence-electron chi connectivity index (χ4n) is 2.82. The van der Waals surface area contributed by atoms with Crippen LogP contribution in [0.25, 0.3) is 0 Å². The summed E-state index contributed by atoms with van der Waals surface area (Å²) in [4.78, 5) is 35.7.